The molecule has 1 unspecified atom stereocenters. The van der Waals surface area contributed by atoms with Crippen LogP contribution in [0.4, 0.5) is 0 Å². The van der Waals surface area contributed by atoms with Gasteiger partial charge in [-0.25, -0.2) is 4.98 Å². The first kappa shape index (κ1) is 12.0. The van der Waals surface area contributed by atoms with Gasteiger partial charge in [-0.1, -0.05) is 6.08 Å². The Morgan fingerprint density at radius 3 is 3.00 bits per heavy atom. The molecule has 0 aromatic carbocycles. The molecule has 1 atom stereocenters. The van der Waals surface area contributed by atoms with Gasteiger partial charge >= 0.3 is 0 Å². The van der Waals surface area contributed by atoms with Gasteiger partial charge < -0.3 is 9.67 Å². The smallest absolute Gasteiger partial charge is 0.111 e. The van der Waals surface area contributed by atoms with Gasteiger partial charge in [0.1, 0.15) is 5.82 Å². The molecule has 1 rings (SSSR count). The van der Waals surface area contributed by atoms with Crippen molar-refractivity contribution in [3.63, 3.8) is 0 Å². The van der Waals surface area contributed by atoms with Crippen molar-refractivity contribution in [1.29, 1.82) is 0 Å². The predicted octanol–water partition coefficient (Wildman–Crippen LogP) is 2.16. The predicted molar refractivity (Wildman–Crippen MR) is 61.7 cm³/mol. The molecular weight excluding hydrogens is 188 g/mol. The van der Waals surface area contributed by atoms with E-state index in [1.54, 1.807) is 6.20 Å². The Bertz CT molecular complexity index is 315. The molecule has 3 nitrogen and oxygen atoms in total. The molecule has 84 valence electrons. The minimum absolute atomic E-state index is 0.599. The van der Waals surface area contributed by atoms with Crippen molar-refractivity contribution < 1.29 is 5.11 Å². The van der Waals surface area contributed by atoms with E-state index in [1.807, 2.05) is 19.2 Å². The molecule has 1 heterocycles. The van der Waals surface area contributed by atoms with Crippen LogP contribution in [0.1, 0.15) is 32.5 Å². The number of aliphatic hydroxyl groups is 1. The summed E-state index contributed by atoms with van der Waals surface area (Å²) >= 11 is 0. The Labute approximate surface area is 91.5 Å². The first-order valence-corrected chi connectivity index (χ1v) is 5.42. The molecule has 0 aliphatic rings. The molecule has 1 aromatic heterocycles. The summed E-state index contributed by atoms with van der Waals surface area (Å²) in [4.78, 5) is 4.26. The summed E-state index contributed by atoms with van der Waals surface area (Å²) in [5.74, 6) is 0.951. The third-order valence-corrected chi connectivity index (χ3v) is 2.57. The number of aryl methyl sites for hydroxylation is 1. The van der Waals surface area contributed by atoms with Gasteiger partial charge in [0.2, 0.25) is 0 Å². The van der Waals surface area contributed by atoms with Crippen LogP contribution in [0.15, 0.2) is 25.0 Å². The highest BCUT2D eigenvalue weighted by Gasteiger charge is 2.22. The van der Waals surface area contributed by atoms with Gasteiger partial charge in [0.25, 0.3) is 0 Å². The second-order valence-corrected chi connectivity index (χ2v) is 4.13. The van der Waals surface area contributed by atoms with Crippen LogP contribution in [0.5, 0.6) is 0 Å². The molecule has 1 aromatic rings. The van der Waals surface area contributed by atoms with Crippen molar-refractivity contribution in [2.45, 2.75) is 45.3 Å². The lowest BCUT2D eigenvalue weighted by Crippen LogP contribution is -2.28. The maximum atomic E-state index is 10.1. The zero-order valence-corrected chi connectivity index (χ0v) is 9.61. The van der Waals surface area contributed by atoms with Crippen molar-refractivity contribution in [2.24, 2.45) is 0 Å². The van der Waals surface area contributed by atoms with Crippen LogP contribution in [0, 0.1) is 0 Å². The lowest BCUT2D eigenvalue weighted by molar-refractivity contribution is 0.0495. The normalized spacial score (nSPS) is 14.9. The van der Waals surface area contributed by atoms with Crippen LogP contribution in [0.2, 0.25) is 0 Å². The van der Waals surface area contributed by atoms with E-state index in [1.165, 1.54) is 0 Å². The average molecular weight is 208 g/mol. The van der Waals surface area contributed by atoms with E-state index in [4.69, 9.17) is 0 Å². The van der Waals surface area contributed by atoms with Crippen molar-refractivity contribution in [3.8, 4) is 0 Å². The number of imidazole rings is 1. The summed E-state index contributed by atoms with van der Waals surface area (Å²) in [6.45, 7) is 8.48. The third kappa shape index (κ3) is 3.51. The van der Waals surface area contributed by atoms with E-state index >= 15 is 0 Å². The molecule has 3 heteroatoms. The van der Waals surface area contributed by atoms with Crippen LogP contribution < -0.4 is 0 Å². The van der Waals surface area contributed by atoms with Crippen molar-refractivity contribution in [3.05, 3.63) is 30.9 Å². The van der Waals surface area contributed by atoms with Gasteiger partial charge in [-0.05, 0) is 26.7 Å². The van der Waals surface area contributed by atoms with Crippen LogP contribution >= 0.6 is 0 Å². The van der Waals surface area contributed by atoms with E-state index in [-0.39, 0.29) is 0 Å². The molecule has 0 saturated carbocycles. The summed E-state index contributed by atoms with van der Waals surface area (Å²) in [5.41, 5.74) is -0.688. The zero-order chi connectivity index (χ0) is 11.3. The van der Waals surface area contributed by atoms with E-state index in [0.717, 1.165) is 25.2 Å². The Kier molecular flexibility index (Phi) is 4.09. The number of aromatic nitrogens is 2. The van der Waals surface area contributed by atoms with Gasteiger partial charge in [-0.3, -0.25) is 0 Å². The molecule has 0 fully saturated rings. The molecule has 1 N–H and O–H groups in total. The lowest BCUT2D eigenvalue weighted by atomic mass is 9.96. The van der Waals surface area contributed by atoms with Gasteiger partial charge in [0, 0.05) is 25.4 Å². The summed E-state index contributed by atoms with van der Waals surface area (Å²) in [7, 11) is 0. The van der Waals surface area contributed by atoms with Crippen molar-refractivity contribution in [1.82, 2.24) is 9.55 Å². The second kappa shape index (κ2) is 5.12. The number of allylic oxidation sites excluding steroid dienone is 1. The molecule has 0 amide bonds. The van der Waals surface area contributed by atoms with Crippen LogP contribution in [-0.2, 0) is 13.0 Å². The maximum absolute atomic E-state index is 10.1. The summed E-state index contributed by atoms with van der Waals surface area (Å²) in [5, 5.41) is 10.1. The summed E-state index contributed by atoms with van der Waals surface area (Å²) in [6, 6.07) is 0. The quantitative estimate of drug-likeness (QED) is 0.727. The number of nitrogens with zero attached hydrogens (tertiary/aromatic N) is 2. The highest BCUT2D eigenvalue weighted by molar-refractivity contribution is 4.98. The minimum atomic E-state index is -0.688. The van der Waals surface area contributed by atoms with Crippen LogP contribution in [0.3, 0.4) is 0 Å². The number of hydrogen-bond donors (Lipinski definition) is 1. The van der Waals surface area contributed by atoms with Gasteiger partial charge in [0.05, 0.1) is 5.60 Å². The van der Waals surface area contributed by atoms with Crippen molar-refractivity contribution >= 4 is 0 Å². The monoisotopic (exact) mass is 208 g/mol. The van der Waals surface area contributed by atoms with Crippen LogP contribution in [0.25, 0.3) is 0 Å². The van der Waals surface area contributed by atoms with Gasteiger partial charge in [-0.15, -0.1) is 6.58 Å². The topological polar surface area (TPSA) is 38.1 Å². The van der Waals surface area contributed by atoms with Gasteiger partial charge in [-0.2, -0.15) is 0 Å². The zero-order valence-electron chi connectivity index (χ0n) is 9.61. The number of hydrogen-bond acceptors (Lipinski definition) is 2. The lowest BCUT2D eigenvalue weighted by Gasteiger charge is -2.22. The standard InChI is InChI=1S/C12H20N2O/c1-4-6-7-12(3,15)10-11-13-8-9-14(11)5-2/h4,8-9,15H,1,5-7,10H2,2-3H3. The van der Waals surface area contributed by atoms with Crippen LogP contribution in [-0.4, -0.2) is 20.3 Å². The average Bonchev–Trinajstić information content (AvgIpc) is 2.61. The molecule has 0 bridgehead atoms. The molecule has 15 heavy (non-hydrogen) atoms. The third-order valence-electron chi connectivity index (χ3n) is 2.57. The molecule has 0 aliphatic carbocycles. The Hall–Kier alpha value is -1.09. The summed E-state index contributed by atoms with van der Waals surface area (Å²) < 4.78 is 2.06. The van der Waals surface area contributed by atoms with E-state index in [9.17, 15) is 5.11 Å². The maximum Gasteiger partial charge on any atom is 0.111 e. The first-order chi connectivity index (χ1) is 7.09. The Balaban J connectivity index is 2.63. The summed E-state index contributed by atoms with van der Waals surface area (Å²) in [6.07, 6.45) is 7.72. The minimum Gasteiger partial charge on any atom is -0.390 e. The number of rotatable bonds is 6. The highest BCUT2D eigenvalue weighted by Crippen LogP contribution is 2.17. The van der Waals surface area contributed by atoms with E-state index < -0.39 is 5.60 Å². The molecule has 0 saturated heterocycles. The van der Waals surface area contributed by atoms with E-state index in [0.29, 0.717) is 6.42 Å². The molecular formula is C12H20N2O. The fourth-order valence-corrected chi connectivity index (χ4v) is 1.64. The Morgan fingerprint density at radius 1 is 1.67 bits per heavy atom. The molecule has 0 radical (unpaired) electrons. The first-order valence-electron chi connectivity index (χ1n) is 5.42. The van der Waals surface area contributed by atoms with E-state index in [2.05, 4.69) is 23.1 Å². The molecule has 0 spiro atoms. The SMILES string of the molecule is C=CCCC(C)(O)Cc1nccn1CC. The largest absolute Gasteiger partial charge is 0.390 e. The second-order valence-electron chi connectivity index (χ2n) is 4.13. The molecule has 0 aliphatic heterocycles. The Morgan fingerprint density at radius 2 is 2.40 bits per heavy atom. The fraction of sp³-hybridized carbons (Fsp3) is 0.583. The van der Waals surface area contributed by atoms with Crippen molar-refractivity contribution in [2.75, 3.05) is 0 Å². The van der Waals surface area contributed by atoms with Gasteiger partial charge in [0.15, 0.2) is 0 Å². The fourth-order valence-electron chi connectivity index (χ4n) is 1.64. The highest BCUT2D eigenvalue weighted by atomic mass is 16.3.